The second-order valence-corrected chi connectivity index (χ2v) is 4.79. The summed E-state index contributed by atoms with van der Waals surface area (Å²) >= 11 is 0. The molecule has 4 heteroatoms. The number of likely N-dealkylation sites (tertiary alicyclic amines) is 1. The molecule has 1 heterocycles. The van der Waals surface area contributed by atoms with Crippen LogP contribution in [0.5, 0.6) is 0 Å². The summed E-state index contributed by atoms with van der Waals surface area (Å²) in [5, 5.41) is 0. The molecular formula is C12H25N3O. The fourth-order valence-corrected chi connectivity index (χ4v) is 2.10. The summed E-state index contributed by atoms with van der Waals surface area (Å²) in [5.41, 5.74) is 11.6. The van der Waals surface area contributed by atoms with Crippen LogP contribution >= 0.6 is 0 Å². The lowest BCUT2D eigenvalue weighted by molar-refractivity contribution is -0.130. The van der Waals surface area contributed by atoms with Gasteiger partial charge in [0.25, 0.3) is 0 Å². The highest BCUT2D eigenvalue weighted by Gasteiger charge is 2.29. The molecule has 1 rings (SSSR count). The van der Waals surface area contributed by atoms with E-state index in [1.165, 1.54) is 19.3 Å². The van der Waals surface area contributed by atoms with Crippen molar-refractivity contribution in [2.24, 2.45) is 11.5 Å². The van der Waals surface area contributed by atoms with E-state index in [2.05, 4.69) is 6.92 Å². The maximum Gasteiger partial charge on any atom is 0.222 e. The van der Waals surface area contributed by atoms with Gasteiger partial charge in [-0.2, -0.15) is 0 Å². The molecule has 0 aromatic rings. The molecule has 16 heavy (non-hydrogen) atoms. The standard InChI is InChI=1S/C12H25N3O/c1-2-3-4-5-6-7-12(16)15-8-10(13)11(14)9-15/h10-11H,2-9,13-14H2,1H3/t10-,11-/m1/s1. The molecule has 1 aliphatic heterocycles. The smallest absolute Gasteiger partial charge is 0.222 e. The van der Waals surface area contributed by atoms with E-state index in [9.17, 15) is 4.79 Å². The van der Waals surface area contributed by atoms with Crippen LogP contribution in [-0.2, 0) is 4.79 Å². The van der Waals surface area contributed by atoms with Crippen molar-refractivity contribution in [3.8, 4) is 0 Å². The van der Waals surface area contributed by atoms with Gasteiger partial charge >= 0.3 is 0 Å². The fourth-order valence-electron chi connectivity index (χ4n) is 2.10. The fraction of sp³-hybridized carbons (Fsp3) is 0.917. The van der Waals surface area contributed by atoms with Crippen molar-refractivity contribution in [1.82, 2.24) is 4.90 Å². The molecule has 0 aliphatic carbocycles. The number of unbranched alkanes of at least 4 members (excludes halogenated alkanes) is 4. The van der Waals surface area contributed by atoms with E-state index in [0.717, 1.165) is 12.8 Å². The van der Waals surface area contributed by atoms with Crippen LogP contribution in [0.3, 0.4) is 0 Å². The summed E-state index contributed by atoms with van der Waals surface area (Å²) in [6.07, 6.45) is 6.56. The van der Waals surface area contributed by atoms with Crippen LogP contribution < -0.4 is 11.5 Å². The lowest BCUT2D eigenvalue weighted by atomic mass is 10.1. The van der Waals surface area contributed by atoms with Crippen LogP contribution in [0.4, 0.5) is 0 Å². The Morgan fingerprint density at radius 3 is 2.25 bits per heavy atom. The Balaban J connectivity index is 2.11. The highest BCUT2D eigenvalue weighted by Crippen LogP contribution is 2.11. The Labute approximate surface area is 98.3 Å². The van der Waals surface area contributed by atoms with Crippen LogP contribution in [-0.4, -0.2) is 36.0 Å². The minimum absolute atomic E-state index is 0.0379. The minimum atomic E-state index is -0.0379. The van der Waals surface area contributed by atoms with E-state index in [0.29, 0.717) is 19.5 Å². The molecule has 0 saturated carbocycles. The molecule has 0 unspecified atom stereocenters. The molecule has 4 N–H and O–H groups in total. The summed E-state index contributed by atoms with van der Waals surface area (Å²) < 4.78 is 0. The summed E-state index contributed by atoms with van der Waals surface area (Å²) in [5.74, 6) is 0.222. The van der Waals surface area contributed by atoms with Gasteiger partial charge in [0.15, 0.2) is 0 Å². The van der Waals surface area contributed by atoms with Gasteiger partial charge in [0, 0.05) is 31.6 Å². The molecular weight excluding hydrogens is 202 g/mol. The molecule has 1 fully saturated rings. The molecule has 94 valence electrons. The first-order chi connectivity index (χ1) is 7.65. The summed E-state index contributed by atoms with van der Waals surface area (Å²) in [7, 11) is 0. The van der Waals surface area contributed by atoms with Crippen LogP contribution in [0.25, 0.3) is 0 Å². The van der Waals surface area contributed by atoms with Crippen LogP contribution in [0.15, 0.2) is 0 Å². The van der Waals surface area contributed by atoms with Crippen molar-refractivity contribution >= 4 is 5.91 Å². The third-order valence-corrected chi connectivity index (χ3v) is 3.26. The first-order valence-corrected chi connectivity index (χ1v) is 6.44. The molecule has 1 saturated heterocycles. The summed E-state index contributed by atoms with van der Waals surface area (Å²) in [6, 6.07) is -0.0758. The third kappa shape index (κ3) is 4.10. The van der Waals surface area contributed by atoms with Crippen molar-refractivity contribution in [3.63, 3.8) is 0 Å². The molecule has 1 amide bonds. The predicted octanol–water partition coefficient (Wildman–Crippen LogP) is 0.844. The second kappa shape index (κ2) is 6.86. The third-order valence-electron chi connectivity index (χ3n) is 3.26. The van der Waals surface area contributed by atoms with Gasteiger partial charge in [0.1, 0.15) is 0 Å². The Morgan fingerprint density at radius 2 is 1.69 bits per heavy atom. The van der Waals surface area contributed by atoms with Crippen molar-refractivity contribution in [3.05, 3.63) is 0 Å². The quantitative estimate of drug-likeness (QED) is 0.661. The number of carbonyl (C=O) groups is 1. The average molecular weight is 227 g/mol. The van der Waals surface area contributed by atoms with Gasteiger partial charge < -0.3 is 16.4 Å². The van der Waals surface area contributed by atoms with Gasteiger partial charge in [0.05, 0.1) is 0 Å². The zero-order chi connectivity index (χ0) is 12.0. The lowest BCUT2D eigenvalue weighted by Gasteiger charge is -2.15. The van der Waals surface area contributed by atoms with E-state index >= 15 is 0 Å². The van der Waals surface area contributed by atoms with E-state index in [4.69, 9.17) is 11.5 Å². The van der Waals surface area contributed by atoms with E-state index in [1.807, 2.05) is 4.90 Å². The van der Waals surface area contributed by atoms with Gasteiger partial charge in [0.2, 0.25) is 5.91 Å². The Hall–Kier alpha value is -0.610. The number of hydrogen-bond acceptors (Lipinski definition) is 3. The molecule has 0 aromatic heterocycles. The monoisotopic (exact) mass is 227 g/mol. The zero-order valence-corrected chi connectivity index (χ0v) is 10.3. The topological polar surface area (TPSA) is 72.3 Å². The number of nitrogens with zero attached hydrogens (tertiary/aromatic N) is 1. The number of hydrogen-bond donors (Lipinski definition) is 2. The highest BCUT2D eigenvalue weighted by atomic mass is 16.2. The Kier molecular flexibility index (Phi) is 5.77. The predicted molar refractivity (Wildman–Crippen MR) is 65.9 cm³/mol. The van der Waals surface area contributed by atoms with Crippen molar-refractivity contribution in [2.45, 2.75) is 57.5 Å². The molecule has 1 aliphatic rings. The second-order valence-electron chi connectivity index (χ2n) is 4.79. The van der Waals surface area contributed by atoms with Crippen LogP contribution in [0.2, 0.25) is 0 Å². The van der Waals surface area contributed by atoms with Crippen molar-refractivity contribution in [2.75, 3.05) is 13.1 Å². The van der Waals surface area contributed by atoms with Crippen LogP contribution in [0, 0.1) is 0 Å². The van der Waals surface area contributed by atoms with Gasteiger partial charge in [-0.15, -0.1) is 0 Å². The number of carbonyl (C=O) groups excluding carboxylic acids is 1. The molecule has 0 aromatic carbocycles. The molecule has 4 nitrogen and oxygen atoms in total. The summed E-state index contributed by atoms with van der Waals surface area (Å²) in [4.78, 5) is 13.6. The zero-order valence-electron chi connectivity index (χ0n) is 10.3. The molecule has 2 atom stereocenters. The normalized spacial score (nSPS) is 25.1. The molecule has 0 bridgehead atoms. The van der Waals surface area contributed by atoms with Gasteiger partial charge in [-0.25, -0.2) is 0 Å². The van der Waals surface area contributed by atoms with E-state index in [1.54, 1.807) is 0 Å². The lowest BCUT2D eigenvalue weighted by Crippen LogP contribution is -2.39. The van der Waals surface area contributed by atoms with Gasteiger partial charge in [-0.05, 0) is 6.42 Å². The van der Waals surface area contributed by atoms with Gasteiger partial charge in [-0.3, -0.25) is 4.79 Å². The molecule has 0 radical (unpaired) electrons. The van der Waals surface area contributed by atoms with E-state index < -0.39 is 0 Å². The number of rotatable bonds is 6. The van der Waals surface area contributed by atoms with Gasteiger partial charge in [-0.1, -0.05) is 32.6 Å². The Morgan fingerprint density at radius 1 is 1.12 bits per heavy atom. The highest BCUT2D eigenvalue weighted by molar-refractivity contribution is 5.76. The average Bonchev–Trinajstić information content (AvgIpc) is 2.59. The first kappa shape index (κ1) is 13.5. The van der Waals surface area contributed by atoms with Crippen molar-refractivity contribution < 1.29 is 4.79 Å². The largest absolute Gasteiger partial charge is 0.339 e. The maximum atomic E-state index is 11.8. The summed E-state index contributed by atoms with van der Waals surface area (Å²) in [6.45, 7) is 3.46. The van der Waals surface area contributed by atoms with E-state index in [-0.39, 0.29) is 18.0 Å². The number of amides is 1. The maximum absolute atomic E-state index is 11.8. The molecule has 0 spiro atoms. The number of nitrogens with two attached hydrogens (primary N) is 2. The first-order valence-electron chi connectivity index (χ1n) is 6.44. The van der Waals surface area contributed by atoms with Crippen LogP contribution in [0.1, 0.15) is 45.4 Å². The SMILES string of the molecule is CCCCCCCC(=O)N1C[C@@H](N)[C@H](N)C1. The Bertz CT molecular complexity index is 210. The van der Waals surface area contributed by atoms with Crippen molar-refractivity contribution in [1.29, 1.82) is 0 Å². The minimum Gasteiger partial charge on any atom is -0.339 e.